The molecule has 13 nitrogen and oxygen atoms in total. The summed E-state index contributed by atoms with van der Waals surface area (Å²) in [6.45, 7) is 4.83. The molecule has 2 saturated carbocycles. The number of fused-ring (bicyclic) bond motifs is 2. The van der Waals surface area contributed by atoms with E-state index in [1.807, 2.05) is 97.1 Å². The third-order valence-corrected chi connectivity index (χ3v) is 16.4. The van der Waals surface area contributed by atoms with Gasteiger partial charge in [-0.2, -0.15) is 0 Å². The number of aliphatic hydroxyl groups excluding tert-OH is 1. The van der Waals surface area contributed by atoms with Crippen molar-refractivity contribution >= 4 is 21.5 Å². The van der Waals surface area contributed by atoms with Gasteiger partial charge in [0.15, 0.2) is 0 Å². The molecule has 0 aliphatic heterocycles. The fourth-order valence-corrected chi connectivity index (χ4v) is 12.1. The third-order valence-electron chi connectivity index (χ3n) is 16.4. The van der Waals surface area contributed by atoms with Crippen molar-refractivity contribution in [2.45, 2.75) is 108 Å². The standard InChI is InChI=1S/C37H44O7.C36H42O6/c1-38-26-44-35-15-8-14-34(43-24-27-22-29-10-4-6-12-32(29)36(23-27)40-3)37(35)28-16-18-31(19-17-28)42-21-9-20-41-25-30-11-5-7-13-33(30)39-2;1-38-33-13-6-4-10-30(33)25-40-19-8-20-41-31-17-15-27(16-18-31)36-29(23-37)11-7-14-34(36)42-24-26-21-28-9-3-5-12-32(28)35(22-26)39-2/h4-7,10-13,16-19,22-23,34-35,37H,8-9,14-15,20-21,24-26H2,1-3H3;3-6,9-10,12-13,15-18,21-22,29,34,36-37H,7-8,11,14,19-20,23-25H2,1-2H3/t34-,35+,37+;29-,34-,36-/m00/s1. The van der Waals surface area contributed by atoms with Gasteiger partial charge in [-0.15, -0.1) is 0 Å². The molecule has 10 rings (SSSR count). The topological polar surface area (TPSA) is 131 Å². The van der Waals surface area contributed by atoms with E-state index in [0.717, 1.165) is 130 Å². The van der Waals surface area contributed by atoms with Crippen LogP contribution in [0, 0.1) is 5.92 Å². The maximum atomic E-state index is 10.2. The van der Waals surface area contributed by atoms with E-state index >= 15 is 0 Å². The molecule has 0 bridgehead atoms. The highest BCUT2D eigenvalue weighted by Gasteiger charge is 2.37. The van der Waals surface area contributed by atoms with Crippen LogP contribution < -0.4 is 28.4 Å². The lowest BCUT2D eigenvalue weighted by Gasteiger charge is -2.38. The third kappa shape index (κ3) is 17.5. The predicted octanol–water partition coefficient (Wildman–Crippen LogP) is 15.0. The molecule has 86 heavy (non-hydrogen) atoms. The first kappa shape index (κ1) is 63.3. The van der Waals surface area contributed by atoms with E-state index in [4.69, 9.17) is 56.8 Å². The molecule has 0 unspecified atom stereocenters. The second-order valence-electron chi connectivity index (χ2n) is 22.0. The largest absolute Gasteiger partial charge is 0.496 e. The van der Waals surface area contributed by atoms with Crippen molar-refractivity contribution in [1.29, 1.82) is 0 Å². The molecule has 0 saturated heterocycles. The van der Waals surface area contributed by atoms with E-state index in [9.17, 15) is 5.11 Å². The van der Waals surface area contributed by atoms with Gasteiger partial charge in [-0.25, -0.2) is 0 Å². The maximum Gasteiger partial charge on any atom is 0.146 e. The summed E-state index contributed by atoms with van der Waals surface area (Å²) < 4.78 is 70.5. The lowest BCUT2D eigenvalue weighted by molar-refractivity contribution is -0.120. The Kier molecular flexibility index (Phi) is 24.8. The van der Waals surface area contributed by atoms with Crippen LogP contribution in [0.4, 0.5) is 0 Å². The molecule has 8 aromatic carbocycles. The molecule has 0 radical (unpaired) electrons. The van der Waals surface area contributed by atoms with Crippen LogP contribution in [-0.2, 0) is 54.8 Å². The smallest absolute Gasteiger partial charge is 0.146 e. The molecule has 0 spiro atoms. The van der Waals surface area contributed by atoms with Gasteiger partial charge in [0.2, 0.25) is 0 Å². The van der Waals surface area contributed by atoms with Crippen molar-refractivity contribution in [3.05, 3.63) is 203 Å². The van der Waals surface area contributed by atoms with Gasteiger partial charge < -0.3 is 61.9 Å². The zero-order valence-corrected chi connectivity index (χ0v) is 50.7. The second kappa shape index (κ2) is 33.6. The number of aliphatic hydroxyl groups is 1. The van der Waals surface area contributed by atoms with Gasteiger partial charge >= 0.3 is 0 Å². The molecule has 2 aliphatic rings. The van der Waals surface area contributed by atoms with Crippen molar-refractivity contribution in [3.63, 3.8) is 0 Å². The van der Waals surface area contributed by atoms with Gasteiger partial charge in [0.05, 0.1) is 99.6 Å². The first-order chi connectivity index (χ1) is 42.4. The van der Waals surface area contributed by atoms with Crippen molar-refractivity contribution in [2.24, 2.45) is 5.92 Å². The van der Waals surface area contributed by atoms with Gasteiger partial charge in [-0.3, -0.25) is 0 Å². The molecule has 1 N–H and O–H groups in total. The summed E-state index contributed by atoms with van der Waals surface area (Å²) >= 11 is 0. The molecular weight excluding hydrogens is 1080 g/mol. The zero-order valence-electron chi connectivity index (χ0n) is 50.7. The summed E-state index contributed by atoms with van der Waals surface area (Å²) in [5, 5.41) is 14.7. The monoisotopic (exact) mass is 1170 g/mol. The van der Waals surface area contributed by atoms with Crippen LogP contribution >= 0.6 is 0 Å². The van der Waals surface area contributed by atoms with Gasteiger partial charge in [0, 0.05) is 60.3 Å². The van der Waals surface area contributed by atoms with Crippen LogP contribution in [0.2, 0.25) is 0 Å². The lowest BCUT2D eigenvalue weighted by Crippen LogP contribution is -2.38. The molecule has 456 valence electrons. The maximum absolute atomic E-state index is 10.2. The summed E-state index contributed by atoms with van der Waals surface area (Å²) in [7, 11) is 8.43. The van der Waals surface area contributed by atoms with Gasteiger partial charge in [0.25, 0.3) is 0 Å². The SMILES string of the molecule is COCO[C@@H]1CCC[C@H](OCc2cc(OC)c3ccccc3c2)[C@H]1c1ccc(OCCCOCc2ccccc2OC)cc1.COc1ccccc1COCCCOc1ccc([C@H]2[C@H](CO)CCC[C@@H]2OCc2cc(OC)c3ccccc3c2)cc1. The molecule has 0 aromatic heterocycles. The Balaban J connectivity index is 0.000000206. The van der Waals surface area contributed by atoms with Crippen molar-refractivity contribution in [3.8, 4) is 34.5 Å². The Labute approximate surface area is 508 Å². The van der Waals surface area contributed by atoms with Crippen LogP contribution in [0.25, 0.3) is 21.5 Å². The Morgan fingerprint density at radius 1 is 0.407 bits per heavy atom. The Morgan fingerprint density at radius 3 is 1.31 bits per heavy atom. The number of hydrogen-bond donors (Lipinski definition) is 1. The van der Waals surface area contributed by atoms with E-state index in [1.54, 1.807) is 35.5 Å². The molecule has 8 aromatic rings. The molecule has 2 aliphatic carbocycles. The Morgan fingerprint density at radius 2 is 0.837 bits per heavy atom. The zero-order chi connectivity index (χ0) is 59.7. The number of benzene rings is 8. The van der Waals surface area contributed by atoms with E-state index < -0.39 is 0 Å². The number of ether oxygens (including phenoxy) is 12. The normalized spacial score (nSPS) is 18.4. The summed E-state index contributed by atoms with van der Waals surface area (Å²) in [5.41, 5.74) is 6.63. The van der Waals surface area contributed by atoms with E-state index in [1.165, 1.54) is 11.1 Å². The summed E-state index contributed by atoms with van der Waals surface area (Å²) in [6, 6.07) is 57.5. The first-order valence-corrected chi connectivity index (χ1v) is 30.3. The second-order valence-corrected chi connectivity index (χ2v) is 22.0. The minimum absolute atomic E-state index is 0.00648. The highest BCUT2D eigenvalue weighted by Crippen LogP contribution is 2.42. The van der Waals surface area contributed by atoms with Gasteiger partial charge in [0.1, 0.15) is 41.3 Å². The summed E-state index contributed by atoms with van der Waals surface area (Å²) in [4.78, 5) is 0. The van der Waals surface area contributed by atoms with Crippen LogP contribution in [0.15, 0.2) is 170 Å². The average molecular weight is 1170 g/mol. The molecule has 2 fully saturated rings. The highest BCUT2D eigenvalue weighted by atomic mass is 16.7. The number of hydrogen-bond acceptors (Lipinski definition) is 13. The first-order valence-electron chi connectivity index (χ1n) is 30.3. The lowest BCUT2D eigenvalue weighted by atomic mass is 9.74. The van der Waals surface area contributed by atoms with Crippen LogP contribution in [-0.4, -0.2) is 98.8 Å². The fourth-order valence-electron chi connectivity index (χ4n) is 12.1. The molecule has 6 atom stereocenters. The average Bonchev–Trinajstić information content (AvgIpc) is 2.49. The van der Waals surface area contributed by atoms with Crippen LogP contribution in [0.3, 0.4) is 0 Å². The number of para-hydroxylation sites is 2. The minimum atomic E-state index is 0.00648. The van der Waals surface area contributed by atoms with Crippen molar-refractivity contribution in [1.82, 2.24) is 0 Å². The molecule has 0 heterocycles. The van der Waals surface area contributed by atoms with E-state index in [-0.39, 0.29) is 49.5 Å². The van der Waals surface area contributed by atoms with Crippen molar-refractivity contribution in [2.75, 3.05) is 75.4 Å². The summed E-state index contributed by atoms with van der Waals surface area (Å²) in [6.07, 6.45) is 7.62. The molecule has 13 heteroatoms. The molecule has 0 amide bonds. The van der Waals surface area contributed by atoms with E-state index in [0.29, 0.717) is 52.9 Å². The Hall–Kier alpha value is -7.20. The molecular formula is C73H86O13. The van der Waals surface area contributed by atoms with Crippen molar-refractivity contribution < 1.29 is 61.9 Å². The summed E-state index contributed by atoms with van der Waals surface area (Å²) in [5.74, 6) is 5.46. The predicted molar refractivity (Wildman–Crippen MR) is 337 cm³/mol. The highest BCUT2D eigenvalue weighted by molar-refractivity contribution is 5.89. The van der Waals surface area contributed by atoms with E-state index in [2.05, 4.69) is 72.8 Å². The fraction of sp³-hybridized carbons (Fsp3) is 0.397. The van der Waals surface area contributed by atoms with Gasteiger partial charge in [-0.05, 0) is 132 Å². The quantitative estimate of drug-likeness (QED) is 0.0339. The Bertz CT molecular complexity index is 3280. The van der Waals surface area contributed by atoms with Crippen LogP contribution in [0.5, 0.6) is 34.5 Å². The van der Waals surface area contributed by atoms with Crippen LogP contribution in [0.1, 0.15) is 96.6 Å². The van der Waals surface area contributed by atoms with Gasteiger partial charge in [-0.1, -0.05) is 116 Å². The number of rotatable bonds is 30. The number of methoxy groups -OCH3 is 5. The minimum Gasteiger partial charge on any atom is -0.496 e.